The van der Waals surface area contributed by atoms with E-state index in [1.54, 1.807) is 0 Å². The third-order valence-corrected chi connectivity index (χ3v) is 5.98. The number of hydrogen-bond donors (Lipinski definition) is 4. The second kappa shape index (κ2) is 9.80. The molecule has 2 atom stereocenters. The average molecular weight is 437 g/mol. The van der Waals surface area contributed by atoms with Gasteiger partial charge < -0.3 is 10.6 Å². The number of nitrogens with zero attached hydrogens (tertiary/aromatic N) is 2. The molecule has 1 aromatic carbocycles. The second-order valence-corrected chi connectivity index (χ2v) is 8.39. The Balaban J connectivity index is 1.51. The minimum atomic E-state index is -0.271. The van der Waals surface area contributed by atoms with Crippen molar-refractivity contribution in [3.05, 3.63) is 69.3 Å². The Morgan fingerprint density at radius 2 is 1.09 bits per heavy atom. The Kier molecular flexibility index (Phi) is 7.12. The third-order valence-electron chi connectivity index (χ3n) is 5.98. The molecule has 4 N–H and O–H groups in total. The van der Waals surface area contributed by atoms with E-state index in [2.05, 4.69) is 31.0 Å². The quantitative estimate of drug-likeness (QED) is 0.434. The smallest absolute Gasteiger partial charge is 0.227 e. The van der Waals surface area contributed by atoms with Gasteiger partial charge in [0.1, 0.15) is 0 Å². The van der Waals surface area contributed by atoms with E-state index in [4.69, 9.17) is 0 Å². The lowest BCUT2D eigenvalue weighted by Gasteiger charge is -2.14. The van der Waals surface area contributed by atoms with Crippen molar-refractivity contribution < 1.29 is 9.59 Å². The monoisotopic (exact) mass is 436 g/mol. The fourth-order valence-corrected chi connectivity index (χ4v) is 4.12. The fraction of sp³-hybridized carbons (Fsp3) is 0.417. The van der Waals surface area contributed by atoms with Crippen LogP contribution in [0.15, 0.2) is 24.3 Å². The highest BCUT2D eigenvalue weighted by Crippen LogP contribution is 2.22. The van der Waals surface area contributed by atoms with Crippen LogP contribution in [0.5, 0.6) is 0 Å². The van der Waals surface area contributed by atoms with E-state index in [9.17, 15) is 9.59 Å². The third kappa shape index (κ3) is 5.07. The number of aryl methyl sites for hydroxylation is 4. The van der Waals surface area contributed by atoms with E-state index in [1.165, 1.54) is 0 Å². The Hall–Kier alpha value is -3.42. The molecule has 2 amide bonds. The van der Waals surface area contributed by atoms with E-state index >= 15 is 0 Å². The zero-order valence-electron chi connectivity index (χ0n) is 19.6. The number of aromatic amines is 2. The largest absolute Gasteiger partial charge is 0.352 e. The molecule has 8 heteroatoms. The second-order valence-electron chi connectivity index (χ2n) is 8.39. The van der Waals surface area contributed by atoms with Crippen LogP contribution in [0, 0.1) is 27.7 Å². The van der Waals surface area contributed by atoms with Gasteiger partial charge in [0.05, 0.1) is 23.2 Å². The summed E-state index contributed by atoms with van der Waals surface area (Å²) in [7, 11) is 0. The molecule has 8 nitrogen and oxygen atoms in total. The molecule has 0 saturated carbocycles. The molecule has 0 saturated heterocycles. The van der Waals surface area contributed by atoms with Gasteiger partial charge in [0.25, 0.3) is 0 Å². The van der Waals surface area contributed by atoms with Gasteiger partial charge in [-0.2, -0.15) is 10.2 Å². The summed E-state index contributed by atoms with van der Waals surface area (Å²) in [4.78, 5) is 25.1. The van der Waals surface area contributed by atoms with Crippen LogP contribution in [0.25, 0.3) is 0 Å². The molecule has 0 bridgehead atoms. The molecule has 0 fully saturated rings. The summed E-state index contributed by atoms with van der Waals surface area (Å²) in [5.41, 5.74) is 7.44. The number of nitrogens with one attached hydrogen (secondary N) is 4. The van der Waals surface area contributed by atoms with Crippen molar-refractivity contribution in [1.82, 2.24) is 31.0 Å². The Labute approximate surface area is 188 Å². The molecule has 0 radical (unpaired) electrons. The maximum absolute atomic E-state index is 12.6. The lowest BCUT2D eigenvalue weighted by molar-refractivity contribution is -0.123. The van der Waals surface area contributed by atoms with Gasteiger partial charge in [-0.15, -0.1) is 0 Å². The average Bonchev–Trinajstić information content (AvgIpc) is 3.29. The van der Waals surface area contributed by atoms with E-state index in [0.717, 1.165) is 45.0 Å². The van der Waals surface area contributed by atoms with E-state index in [1.807, 2.05) is 65.8 Å². The predicted octanol–water partition coefficient (Wildman–Crippen LogP) is 3.21. The highest BCUT2D eigenvalue weighted by atomic mass is 16.2. The van der Waals surface area contributed by atoms with Crippen molar-refractivity contribution >= 4 is 11.8 Å². The maximum Gasteiger partial charge on any atom is 0.227 e. The van der Waals surface area contributed by atoms with Crippen LogP contribution in [0.3, 0.4) is 0 Å². The molecule has 0 aliphatic heterocycles. The number of H-pyrrole nitrogens is 2. The van der Waals surface area contributed by atoms with Crippen LogP contribution in [0.1, 0.15) is 70.7 Å². The zero-order chi connectivity index (χ0) is 23.4. The summed E-state index contributed by atoms with van der Waals surface area (Å²) in [5.74, 6) is -0.610. The summed E-state index contributed by atoms with van der Waals surface area (Å²) in [6.45, 7) is 12.3. The normalized spacial score (nSPS) is 12.9. The first-order valence-corrected chi connectivity index (χ1v) is 10.8. The van der Waals surface area contributed by atoms with Gasteiger partial charge in [0, 0.05) is 35.6 Å². The topological polar surface area (TPSA) is 116 Å². The van der Waals surface area contributed by atoms with Crippen LogP contribution in [-0.4, -0.2) is 32.2 Å². The Morgan fingerprint density at radius 3 is 1.38 bits per heavy atom. The molecule has 2 unspecified atom stereocenters. The van der Waals surface area contributed by atoms with Gasteiger partial charge in [0.15, 0.2) is 0 Å². The van der Waals surface area contributed by atoms with E-state index in [-0.39, 0.29) is 23.7 Å². The number of hydrogen-bond acceptors (Lipinski definition) is 4. The standard InChI is InChI=1S/C24H32N6O2/c1-13(21-15(3)27-28-16(21)4)23(31)25-11-19-7-9-20(10-8-19)12-26-24(32)14(2)22-17(5)29-30-18(22)6/h7-10,13-14H,11-12H2,1-6H3,(H,25,31)(H,26,32)(H,27,28)(H,29,30). The molecule has 170 valence electrons. The van der Waals surface area contributed by atoms with E-state index < -0.39 is 0 Å². The van der Waals surface area contributed by atoms with Crippen molar-refractivity contribution in [1.29, 1.82) is 0 Å². The minimum Gasteiger partial charge on any atom is -0.352 e. The zero-order valence-corrected chi connectivity index (χ0v) is 19.6. The summed E-state index contributed by atoms with van der Waals surface area (Å²) < 4.78 is 0. The van der Waals surface area contributed by atoms with Crippen LogP contribution in [0.4, 0.5) is 0 Å². The molecule has 2 aromatic heterocycles. The minimum absolute atomic E-state index is 0.0345. The van der Waals surface area contributed by atoms with Crippen molar-refractivity contribution in [3.63, 3.8) is 0 Å². The van der Waals surface area contributed by atoms with Gasteiger partial charge in [-0.25, -0.2) is 0 Å². The summed E-state index contributed by atoms with van der Waals surface area (Å²) >= 11 is 0. The number of benzene rings is 1. The SMILES string of the molecule is Cc1n[nH]c(C)c1C(C)C(=O)NCc1ccc(CNC(=O)C(C)c2c(C)n[nH]c2C)cc1. The first-order valence-electron chi connectivity index (χ1n) is 10.8. The maximum atomic E-state index is 12.6. The first-order chi connectivity index (χ1) is 15.2. The fourth-order valence-electron chi connectivity index (χ4n) is 4.12. The van der Waals surface area contributed by atoms with Gasteiger partial charge in [-0.3, -0.25) is 19.8 Å². The number of carbonyl (C=O) groups excluding carboxylic acids is 2. The number of aromatic nitrogens is 4. The summed E-state index contributed by atoms with van der Waals surface area (Å²) in [6, 6.07) is 7.87. The summed E-state index contributed by atoms with van der Waals surface area (Å²) in [5, 5.41) is 20.2. The van der Waals surface area contributed by atoms with Crippen molar-refractivity contribution in [3.8, 4) is 0 Å². The highest BCUT2D eigenvalue weighted by Gasteiger charge is 2.22. The molecule has 3 rings (SSSR count). The molecular formula is C24H32N6O2. The Bertz CT molecular complexity index is 970. The van der Waals surface area contributed by atoms with Crippen LogP contribution in [-0.2, 0) is 22.7 Å². The van der Waals surface area contributed by atoms with Crippen LogP contribution >= 0.6 is 0 Å². The lowest BCUT2D eigenvalue weighted by Crippen LogP contribution is -2.28. The molecule has 0 spiro atoms. The van der Waals surface area contributed by atoms with Crippen molar-refractivity contribution in [2.24, 2.45) is 0 Å². The van der Waals surface area contributed by atoms with Gasteiger partial charge >= 0.3 is 0 Å². The molecular weight excluding hydrogens is 404 g/mol. The van der Waals surface area contributed by atoms with E-state index in [0.29, 0.717) is 13.1 Å². The molecule has 0 aliphatic rings. The Morgan fingerprint density at radius 1 is 0.750 bits per heavy atom. The lowest BCUT2D eigenvalue weighted by atomic mass is 9.98. The number of rotatable bonds is 8. The number of carbonyl (C=O) groups is 2. The van der Waals surface area contributed by atoms with Crippen molar-refractivity contribution in [2.45, 2.75) is 66.5 Å². The van der Waals surface area contributed by atoms with Crippen LogP contribution < -0.4 is 10.6 Å². The van der Waals surface area contributed by atoms with Gasteiger partial charge in [0.2, 0.25) is 11.8 Å². The molecule has 32 heavy (non-hydrogen) atoms. The van der Waals surface area contributed by atoms with Crippen molar-refractivity contribution in [2.75, 3.05) is 0 Å². The summed E-state index contributed by atoms with van der Waals surface area (Å²) in [6.07, 6.45) is 0. The molecule has 2 heterocycles. The molecule has 3 aromatic rings. The molecule has 0 aliphatic carbocycles. The predicted molar refractivity (Wildman–Crippen MR) is 123 cm³/mol. The number of amides is 2. The van der Waals surface area contributed by atoms with Crippen LogP contribution in [0.2, 0.25) is 0 Å². The first kappa shape index (κ1) is 23.2. The highest BCUT2D eigenvalue weighted by molar-refractivity contribution is 5.84. The van der Waals surface area contributed by atoms with Gasteiger partial charge in [-0.05, 0) is 52.7 Å². The van der Waals surface area contributed by atoms with Gasteiger partial charge in [-0.1, -0.05) is 24.3 Å².